The molecule has 0 aliphatic carbocycles. The second-order valence-corrected chi connectivity index (χ2v) is 8.48. The van der Waals surface area contributed by atoms with Crippen molar-refractivity contribution in [1.82, 2.24) is 9.55 Å². The molecule has 1 fully saturated rings. The van der Waals surface area contributed by atoms with Crippen LogP contribution in [-0.4, -0.2) is 28.6 Å². The molecule has 156 valence electrons. The number of imidazole rings is 1. The van der Waals surface area contributed by atoms with Gasteiger partial charge in [0, 0.05) is 23.4 Å². The number of benzene rings is 3. The van der Waals surface area contributed by atoms with E-state index in [2.05, 4.69) is 26.6 Å². The maximum Gasteiger partial charge on any atom is 0.227 e. The lowest BCUT2D eigenvalue weighted by Crippen LogP contribution is -2.25. The van der Waals surface area contributed by atoms with E-state index in [-0.39, 0.29) is 11.8 Å². The largest absolute Gasteiger partial charge is 0.492 e. The van der Waals surface area contributed by atoms with Crippen LogP contribution in [0.1, 0.15) is 18.2 Å². The van der Waals surface area contributed by atoms with Gasteiger partial charge in [-0.2, -0.15) is 0 Å². The Morgan fingerprint density at radius 3 is 2.55 bits per heavy atom. The molecule has 6 heteroatoms. The zero-order valence-electron chi connectivity index (χ0n) is 16.9. The number of fused-ring (bicyclic) bond motifs is 1. The molecule has 1 aliphatic rings. The number of amides is 1. The summed E-state index contributed by atoms with van der Waals surface area (Å²) >= 11 is 3.58. The molecule has 1 aromatic heterocycles. The molecule has 0 N–H and O–H groups in total. The van der Waals surface area contributed by atoms with Crippen molar-refractivity contribution in [2.45, 2.75) is 18.9 Å². The summed E-state index contributed by atoms with van der Waals surface area (Å²) in [6.07, 6.45) is 0.449. The number of hydrogen-bond acceptors (Lipinski definition) is 3. The summed E-state index contributed by atoms with van der Waals surface area (Å²) in [5.74, 6) is 1.95. The van der Waals surface area contributed by atoms with Crippen LogP contribution in [0, 0.1) is 0 Å². The lowest BCUT2D eigenvalue weighted by molar-refractivity contribution is -0.117. The zero-order chi connectivity index (χ0) is 21.2. The first-order valence-electron chi connectivity index (χ1n) is 10.4. The Bertz CT molecular complexity index is 1220. The summed E-state index contributed by atoms with van der Waals surface area (Å²) < 4.78 is 9.07. The van der Waals surface area contributed by atoms with E-state index in [0.717, 1.165) is 32.8 Å². The van der Waals surface area contributed by atoms with Crippen molar-refractivity contribution >= 4 is 38.6 Å². The summed E-state index contributed by atoms with van der Waals surface area (Å²) in [5.41, 5.74) is 2.93. The highest BCUT2D eigenvalue weighted by Crippen LogP contribution is 2.36. The second-order valence-electron chi connectivity index (χ2n) is 7.63. The first-order chi connectivity index (χ1) is 15.2. The molecule has 3 aromatic carbocycles. The van der Waals surface area contributed by atoms with Crippen LogP contribution < -0.4 is 9.64 Å². The number of carbonyl (C=O) groups excluding carboxylic acids is 1. The molecule has 1 amide bonds. The Labute approximate surface area is 189 Å². The van der Waals surface area contributed by atoms with E-state index in [9.17, 15) is 4.79 Å². The third-order valence-corrected chi connectivity index (χ3v) is 6.31. The molecule has 0 saturated carbocycles. The third-order valence-electron chi connectivity index (χ3n) is 5.64. The van der Waals surface area contributed by atoms with Crippen LogP contribution in [0.2, 0.25) is 0 Å². The molecule has 0 unspecified atom stereocenters. The second kappa shape index (κ2) is 8.55. The molecule has 0 spiro atoms. The Morgan fingerprint density at radius 1 is 0.968 bits per heavy atom. The number of ether oxygens (including phenoxy) is 1. The number of rotatable bonds is 6. The van der Waals surface area contributed by atoms with Crippen molar-refractivity contribution in [1.29, 1.82) is 0 Å². The standard InChI is InChI=1S/C25H22BrN3O2/c26-20-10-4-6-12-22(20)29-17-18(16-24(29)30)25-27-21-11-5-7-13-23(21)28(25)14-15-31-19-8-2-1-3-9-19/h1-13,18H,14-17H2/t18-/m1/s1. The van der Waals surface area contributed by atoms with Crippen LogP contribution in [0.5, 0.6) is 5.75 Å². The van der Waals surface area contributed by atoms with Crippen LogP contribution in [-0.2, 0) is 11.3 Å². The van der Waals surface area contributed by atoms with Crippen molar-refractivity contribution in [3.05, 3.63) is 89.2 Å². The van der Waals surface area contributed by atoms with Gasteiger partial charge < -0.3 is 14.2 Å². The summed E-state index contributed by atoms with van der Waals surface area (Å²) in [6.45, 7) is 1.82. The van der Waals surface area contributed by atoms with E-state index < -0.39 is 0 Å². The number of carbonyl (C=O) groups is 1. The molecule has 4 aromatic rings. The van der Waals surface area contributed by atoms with Crippen LogP contribution in [0.25, 0.3) is 11.0 Å². The molecular formula is C25H22BrN3O2. The van der Waals surface area contributed by atoms with E-state index in [0.29, 0.717) is 26.1 Å². The van der Waals surface area contributed by atoms with Gasteiger partial charge in [0.1, 0.15) is 18.2 Å². The van der Waals surface area contributed by atoms with Crippen LogP contribution in [0.15, 0.2) is 83.3 Å². The van der Waals surface area contributed by atoms with Gasteiger partial charge >= 0.3 is 0 Å². The highest BCUT2D eigenvalue weighted by atomic mass is 79.9. The quantitative estimate of drug-likeness (QED) is 0.375. The average molecular weight is 476 g/mol. The summed E-state index contributed by atoms with van der Waals surface area (Å²) in [5, 5.41) is 0. The average Bonchev–Trinajstić information content (AvgIpc) is 3.35. The van der Waals surface area contributed by atoms with E-state index >= 15 is 0 Å². The van der Waals surface area contributed by atoms with Crippen molar-refractivity contribution in [2.75, 3.05) is 18.1 Å². The number of aromatic nitrogens is 2. The zero-order valence-corrected chi connectivity index (χ0v) is 18.5. The number of nitrogens with zero attached hydrogens (tertiary/aromatic N) is 3. The van der Waals surface area contributed by atoms with E-state index in [1.54, 1.807) is 0 Å². The minimum absolute atomic E-state index is 0.0312. The summed E-state index contributed by atoms with van der Waals surface area (Å²) in [4.78, 5) is 19.7. The number of hydrogen-bond donors (Lipinski definition) is 0. The van der Waals surface area contributed by atoms with Gasteiger partial charge in [0.25, 0.3) is 0 Å². The van der Waals surface area contributed by atoms with E-state index in [4.69, 9.17) is 9.72 Å². The molecule has 2 heterocycles. The highest BCUT2D eigenvalue weighted by molar-refractivity contribution is 9.10. The first-order valence-corrected chi connectivity index (χ1v) is 11.2. The van der Waals surface area contributed by atoms with E-state index in [1.807, 2.05) is 77.7 Å². The van der Waals surface area contributed by atoms with Gasteiger partial charge in [-0.15, -0.1) is 0 Å². The number of anilines is 1. The maximum absolute atomic E-state index is 12.9. The van der Waals surface area contributed by atoms with Crippen LogP contribution in [0.4, 0.5) is 5.69 Å². The van der Waals surface area contributed by atoms with Gasteiger partial charge in [-0.25, -0.2) is 4.98 Å². The van der Waals surface area contributed by atoms with Crippen LogP contribution in [0.3, 0.4) is 0 Å². The van der Waals surface area contributed by atoms with Gasteiger partial charge in [-0.1, -0.05) is 42.5 Å². The summed E-state index contributed by atoms with van der Waals surface area (Å²) in [6, 6.07) is 25.8. The first kappa shape index (κ1) is 19.8. The Hall–Kier alpha value is -3.12. The lowest BCUT2D eigenvalue weighted by atomic mass is 10.1. The monoisotopic (exact) mass is 475 g/mol. The Kier molecular flexibility index (Phi) is 5.47. The van der Waals surface area contributed by atoms with Crippen molar-refractivity contribution in [2.24, 2.45) is 0 Å². The minimum Gasteiger partial charge on any atom is -0.492 e. The van der Waals surface area contributed by atoms with Crippen LogP contribution >= 0.6 is 15.9 Å². The van der Waals surface area contributed by atoms with Gasteiger partial charge in [-0.3, -0.25) is 4.79 Å². The fraction of sp³-hybridized carbons (Fsp3) is 0.200. The molecule has 1 atom stereocenters. The summed E-state index contributed by atoms with van der Waals surface area (Å²) in [7, 11) is 0. The third kappa shape index (κ3) is 3.95. The molecule has 5 rings (SSSR count). The number of para-hydroxylation sites is 4. The Balaban J connectivity index is 1.42. The Morgan fingerprint density at radius 2 is 1.71 bits per heavy atom. The van der Waals surface area contributed by atoms with E-state index in [1.165, 1.54) is 0 Å². The van der Waals surface area contributed by atoms with Gasteiger partial charge in [0.05, 0.1) is 23.3 Å². The van der Waals surface area contributed by atoms with Crippen molar-refractivity contribution in [3.8, 4) is 5.75 Å². The van der Waals surface area contributed by atoms with Gasteiger partial charge in [-0.05, 0) is 52.3 Å². The van der Waals surface area contributed by atoms with Crippen molar-refractivity contribution in [3.63, 3.8) is 0 Å². The molecule has 0 bridgehead atoms. The predicted molar refractivity (Wildman–Crippen MR) is 126 cm³/mol. The van der Waals surface area contributed by atoms with Gasteiger partial charge in [0.2, 0.25) is 5.91 Å². The highest BCUT2D eigenvalue weighted by Gasteiger charge is 2.35. The maximum atomic E-state index is 12.9. The fourth-order valence-electron chi connectivity index (χ4n) is 4.20. The molecule has 1 saturated heterocycles. The lowest BCUT2D eigenvalue weighted by Gasteiger charge is -2.19. The molecule has 5 nitrogen and oxygen atoms in total. The fourth-order valence-corrected chi connectivity index (χ4v) is 4.70. The molecular weight excluding hydrogens is 454 g/mol. The predicted octanol–water partition coefficient (Wildman–Crippen LogP) is 5.40. The smallest absolute Gasteiger partial charge is 0.227 e. The molecule has 31 heavy (non-hydrogen) atoms. The van der Waals surface area contributed by atoms with Crippen molar-refractivity contribution < 1.29 is 9.53 Å². The van der Waals surface area contributed by atoms with Gasteiger partial charge in [0.15, 0.2) is 0 Å². The molecule has 1 aliphatic heterocycles. The number of halogens is 1. The minimum atomic E-state index is 0.0312. The molecule has 0 radical (unpaired) electrons. The topological polar surface area (TPSA) is 47.4 Å². The normalized spacial score (nSPS) is 16.2. The SMILES string of the molecule is O=C1C[C@@H](c2nc3ccccc3n2CCOc2ccccc2)CN1c1ccccc1Br.